The van der Waals surface area contributed by atoms with Crippen molar-refractivity contribution in [2.45, 2.75) is 24.8 Å². The lowest BCUT2D eigenvalue weighted by Crippen LogP contribution is -2.36. The highest BCUT2D eigenvalue weighted by Crippen LogP contribution is 2.36. The Morgan fingerprint density at radius 1 is 1.31 bits per heavy atom. The van der Waals surface area contributed by atoms with E-state index in [0.29, 0.717) is 6.54 Å². The average Bonchev–Trinajstić information content (AvgIpc) is 2.46. The monoisotopic (exact) mass is 176 g/mol. The van der Waals surface area contributed by atoms with Crippen LogP contribution in [-0.4, -0.2) is 6.54 Å². The van der Waals surface area contributed by atoms with Crippen LogP contribution in [0.25, 0.3) is 0 Å². The van der Waals surface area contributed by atoms with Crippen molar-refractivity contribution < 1.29 is 0 Å². The van der Waals surface area contributed by atoms with Gasteiger partial charge in [0.2, 0.25) is 0 Å². The normalized spacial score (nSPS) is 26.0. The van der Waals surface area contributed by atoms with E-state index in [9.17, 15) is 0 Å². The highest BCUT2D eigenvalue weighted by atomic mass is 14.8. The van der Waals surface area contributed by atoms with E-state index >= 15 is 0 Å². The molecule has 0 heterocycles. The highest BCUT2D eigenvalue weighted by molar-refractivity contribution is 5.38. The molecule has 2 nitrogen and oxygen atoms in total. The van der Waals surface area contributed by atoms with Crippen molar-refractivity contribution in [2.75, 3.05) is 6.54 Å². The SMILES string of the molecule is NCCC1(N)CCc2ccccc21. The lowest BCUT2D eigenvalue weighted by Gasteiger charge is -2.24. The van der Waals surface area contributed by atoms with Gasteiger partial charge in [0.15, 0.2) is 0 Å². The fraction of sp³-hybridized carbons (Fsp3) is 0.455. The smallest absolute Gasteiger partial charge is 0.0427 e. The van der Waals surface area contributed by atoms with Crippen molar-refractivity contribution in [2.24, 2.45) is 11.5 Å². The fourth-order valence-electron chi connectivity index (χ4n) is 2.23. The van der Waals surface area contributed by atoms with E-state index in [-0.39, 0.29) is 5.54 Å². The number of nitrogens with two attached hydrogens (primary N) is 2. The second-order valence-corrected chi connectivity index (χ2v) is 3.85. The number of hydrogen-bond acceptors (Lipinski definition) is 2. The Kier molecular flexibility index (Phi) is 2.10. The van der Waals surface area contributed by atoms with Gasteiger partial charge in [-0.25, -0.2) is 0 Å². The summed E-state index contributed by atoms with van der Waals surface area (Å²) in [5.41, 5.74) is 14.4. The predicted octanol–water partition coefficient (Wildman–Crippen LogP) is 1.14. The van der Waals surface area contributed by atoms with Gasteiger partial charge in [0.1, 0.15) is 0 Å². The maximum absolute atomic E-state index is 6.30. The molecule has 0 aromatic heterocycles. The molecule has 4 N–H and O–H groups in total. The van der Waals surface area contributed by atoms with Gasteiger partial charge in [0.05, 0.1) is 0 Å². The van der Waals surface area contributed by atoms with E-state index in [0.717, 1.165) is 19.3 Å². The summed E-state index contributed by atoms with van der Waals surface area (Å²) in [6.45, 7) is 0.671. The molecular weight excluding hydrogens is 160 g/mol. The summed E-state index contributed by atoms with van der Waals surface area (Å²) in [5, 5.41) is 0. The number of aryl methyl sites for hydroxylation is 1. The Morgan fingerprint density at radius 2 is 2.08 bits per heavy atom. The largest absolute Gasteiger partial charge is 0.330 e. The molecule has 13 heavy (non-hydrogen) atoms. The van der Waals surface area contributed by atoms with E-state index in [1.807, 2.05) is 0 Å². The lowest BCUT2D eigenvalue weighted by molar-refractivity contribution is 0.413. The molecule has 0 fully saturated rings. The molecule has 1 aliphatic carbocycles. The molecule has 0 saturated heterocycles. The molecule has 0 saturated carbocycles. The van der Waals surface area contributed by atoms with Gasteiger partial charge >= 0.3 is 0 Å². The second kappa shape index (κ2) is 3.13. The maximum atomic E-state index is 6.30. The summed E-state index contributed by atoms with van der Waals surface area (Å²) in [6.07, 6.45) is 3.04. The van der Waals surface area contributed by atoms with Gasteiger partial charge in [-0.05, 0) is 36.9 Å². The Hall–Kier alpha value is -0.860. The maximum Gasteiger partial charge on any atom is 0.0427 e. The van der Waals surface area contributed by atoms with Crippen molar-refractivity contribution in [1.29, 1.82) is 0 Å². The van der Waals surface area contributed by atoms with Gasteiger partial charge in [-0.2, -0.15) is 0 Å². The van der Waals surface area contributed by atoms with E-state index in [1.54, 1.807) is 0 Å². The topological polar surface area (TPSA) is 52.0 Å². The minimum absolute atomic E-state index is 0.147. The summed E-state index contributed by atoms with van der Waals surface area (Å²) in [5.74, 6) is 0. The minimum atomic E-state index is -0.147. The summed E-state index contributed by atoms with van der Waals surface area (Å²) in [4.78, 5) is 0. The number of rotatable bonds is 2. The molecule has 2 rings (SSSR count). The molecule has 2 heteroatoms. The Labute approximate surface area is 78.9 Å². The van der Waals surface area contributed by atoms with Crippen LogP contribution < -0.4 is 11.5 Å². The Morgan fingerprint density at radius 3 is 2.85 bits per heavy atom. The molecule has 1 aromatic carbocycles. The molecule has 0 spiro atoms. The first-order valence-electron chi connectivity index (χ1n) is 4.83. The van der Waals surface area contributed by atoms with E-state index in [4.69, 9.17) is 11.5 Å². The Balaban J connectivity index is 2.37. The van der Waals surface area contributed by atoms with Gasteiger partial charge in [0.25, 0.3) is 0 Å². The van der Waals surface area contributed by atoms with Crippen molar-refractivity contribution in [3.05, 3.63) is 35.4 Å². The highest BCUT2D eigenvalue weighted by Gasteiger charge is 2.33. The minimum Gasteiger partial charge on any atom is -0.330 e. The number of benzene rings is 1. The third-order valence-corrected chi connectivity index (χ3v) is 2.98. The quantitative estimate of drug-likeness (QED) is 0.710. The van der Waals surface area contributed by atoms with Crippen LogP contribution in [0.3, 0.4) is 0 Å². The fourth-order valence-corrected chi connectivity index (χ4v) is 2.23. The zero-order chi connectivity index (χ0) is 9.31. The molecule has 1 unspecified atom stereocenters. The molecule has 0 bridgehead atoms. The Bertz CT molecular complexity index is 305. The van der Waals surface area contributed by atoms with Crippen LogP contribution in [0, 0.1) is 0 Å². The van der Waals surface area contributed by atoms with Crippen LogP contribution in [0.15, 0.2) is 24.3 Å². The molecule has 0 amide bonds. The standard InChI is InChI=1S/C11H16N2/c12-8-7-11(13)6-5-9-3-1-2-4-10(9)11/h1-4H,5-8,12-13H2. The number of fused-ring (bicyclic) bond motifs is 1. The van der Waals surface area contributed by atoms with E-state index in [2.05, 4.69) is 24.3 Å². The van der Waals surface area contributed by atoms with Gasteiger partial charge in [-0.15, -0.1) is 0 Å². The first kappa shape index (κ1) is 8.73. The summed E-state index contributed by atoms with van der Waals surface area (Å²) in [7, 11) is 0. The van der Waals surface area contributed by atoms with Gasteiger partial charge in [-0.3, -0.25) is 0 Å². The molecule has 0 radical (unpaired) electrons. The van der Waals surface area contributed by atoms with Gasteiger partial charge < -0.3 is 11.5 Å². The molecule has 1 atom stereocenters. The summed E-state index contributed by atoms with van der Waals surface area (Å²) in [6, 6.07) is 8.44. The molecule has 0 aliphatic heterocycles. The lowest BCUT2D eigenvalue weighted by atomic mass is 9.90. The second-order valence-electron chi connectivity index (χ2n) is 3.85. The average molecular weight is 176 g/mol. The third kappa shape index (κ3) is 1.36. The van der Waals surface area contributed by atoms with Crippen LogP contribution in [0.4, 0.5) is 0 Å². The molecule has 1 aliphatic rings. The molecular formula is C11H16N2. The van der Waals surface area contributed by atoms with Gasteiger partial charge in [0, 0.05) is 5.54 Å². The number of hydrogen-bond donors (Lipinski definition) is 2. The van der Waals surface area contributed by atoms with E-state index in [1.165, 1.54) is 11.1 Å². The van der Waals surface area contributed by atoms with Gasteiger partial charge in [-0.1, -0.05) is 24.3 Å². The molecule has 70 valence electrons. The zero-order valence-corrected chi connectivity index (χ0v) is 7.79. The van der Waals surface area contributed by atoms with E-state index < -0.39 is 0 Å². The first-order valence-corrected chi connectivity index (χ1v) is 4.83. The van der Waals surface area contributed by atoms with Crippen LogP contribution in [0.5, 0.6) is 0 Å². The van der Waals surface area contributed by atoms with Crippen molar-refractivity contribution in [3.63, 3.8) is 0 Å². The predicted molar refractivity (Wildman–Crippen MR) is 54.3 cm³/mol. The zero-order valence-electron chi connectivity index (χ0n) is 7.79. The van der Waals surface area contributed by atoms with Crippen molar-refractivity contribution in [3.8, 4) is 0 Å². The van der Waals surface area contributed by atoms with Crippen LogP contribution >= 0.6 is 0 Å². The van der Waals surface area contributed by atoms with Crippen LogP contribution in [0.1, 0.15) is 24.0 Å². The van der Waals surface area contributed by atoms with Crippen molar-refractivity contribution in [1.82, 2.24) is 0 Å². The van der Waals surface area contributed by atoms with Crippen LogP contribution in [0.2, 0.25) is 0 Å². The summed E-state index contributed by atoms with van der Waals surface area (Å²) >= 11 is 0. The first-order chi connectivity index (χ1) is 6.26. The van der Waals surface area contributed by atoms with Crippen molar-refractivity contribution >= 4 is 0 Å². The summed E-state index contributed by atoms with van der Waals surface area (Å²) < 4.78 is 0. The molecule has 1 aromatic rings. The third-order valence-electron chi connectivity index (χ3n) is 2.98. The van der Waals surface area contributed by atoms with Crippen LogP contribution in [-0.2, 0) is 12.0 Å².